The minimum absolute atomic E-state index is 0.557. The largest absolute Gasteiger partial charge is 0.377 e. The van der Waals surface area contributed by atoms with Crippen LogP contribution in [-0.2, 0) is 18.9 Å². The average Bonchev–Trinajstić information content (AvgIpc) is 3.49. The number of aliphatic imine (C=N–C) groups is 4. The number of nitrogens with zero attached hydrogens (tertiary/aromatic N) is 4. The van der Waals surface area contributed by atoms with E-state index in [1.807, 2.05) is 49.1 Å². The van der Waals surface area contributed by atoms with Crippen molar-refractivity contribution in [2.45, 2.75) is 0 Å². The van der Waals surface area contributed by atoms with E-state index >= 15 is 0 Å². The lowest BCUT2D eigenvalue weighted by Crippen LogP contribution is -2.08. The van der Waals surface area contributed by atoms with E-state index in [9.17, 15) is 0 Å². The smallest absolute Gasteiger partial charge is 0.0701 e. The topological polar surface area (TPSA) is 86.4 Å². The third kappa shape index (κ3) is 11.9. The summed E-state index contributed by atoms with van der Waals surface area (Å²) in [7, 11) is 0. The van der Waals surface area contributed by atoms with Crippen LogP contribution in [-0.4, -0.2) is 104 Å². The minimum atomic E-state index is 0.557. The number of rotatable bonds is 0. The van der Waals surface area contributed by atoms with Crippen molar-refractivity contribution in [3.63, 3.8) is 0 Å². The van der Waals surface area contributed by atoms with Crippen LogP contribution in [0.1, 0.15) is 19.5 Å². The molecule has 34 heavy (non-hydrogen) atoms. The Balaban J connectivity index is 1.41. The first kappa shape index (κ1) is 26.5. The van der Waals surface area contributed by atoms with Crippen LogP contribution in [0.4, 0.5) is 0 Å². The van der Waals surface area contributed by atoms with Gasteiger partial charge in [0.25, 0.3) is 0 Å². The van der Waals surface area contributed by atoms with Gasteiger partial charge in [-0.2, -0.15) is 0 Å². The number of ether oxygens (including phenoxy) is 4. The predicted molar refractivity (Wildman–Crippen MR) is 142 cm³/mol. The third-order valence-electron chi connectivity index (χ3n) is 4.37. The molecule has 2 aromatic rings. The highest BCUT2D eigenvalue weighted by atomic mass is 32.1. The highest BCUT2D eigenvalue weighted by molar-refractivity contribution is 7.15. The van der Waals surface area contributed by atoms with Gasteiger partial charge in [-0.1, -0.05) is 0 Å². The molecule has 0 saturated carbocycles. The summed E-state index contributed by atoms with van der Waals surface area (Å²) in [5.41, 5.74) is 0. The molecule has 0 unspecified atom stereocenters. The molecule has 0 spiro atoms. The van der Waals surface area contributed by atoms with E-state index in [-0.39, 0.29) is 0 Å². The predicted octanol–water partition coefficient (Wildman–Crippen LogP) is 3.27. The molecular formula is C24H32N4O4S2. The molecule has 3 heterocycles. The van der Waals surface area contributed by atoms with Gasteiger partial charge >= 0.3 is 0 Å². The van der Waals surface area contributed by atoms with E-state index in [0.717, 1.165) is 19.5 Å². The molecule has 0 N–H and O–H groups in total. The van der Waals surface area contributed by atoms with E-state index in [1.165, 1.54) is 0 Å². The van der Waals surface area contributed by atoms with Crippen molar-refractivity contribution in [2.24, 2.45) is 20.0 Å². The quantitative estimate of drug-likeness (QED) is 0.551. The first-order chi connectivity index (χ1) is 16.9. The normalized spacial score (nSPS) is 18.6. The Bertz CT molecular complexity index is 780. The van der Waals surface area contributed by atoms with Crippen molar-refractivity contribution in [3.8, 4) is 0 Å². The SMILES string of the molecule is C1=NCCOCCOCCN=Cc2ccc(s2)C=NCCOCCOCCN=Cc2ccc1s2. The maximum Gasteiger partial charge on any atom is 0.0701 e. The average molecular weight is 505 g/mol. The molecule has 8 nitrogen and oxygen atoms in total. The third-order valence-corrected chi connectivity index (χ3v) is 6.28. The number of thiophene rings is 2. The Morgan fingerprint density at radius 1 is 0.412 bits per heavy atom. The van der Waals surface area contributed by atoms with Gasteiger partial charge in [0.2, 0.25) is 0 Å². The molecule has 0 atom stereocenters. The van der Waals surface area contributed by atoms with Crippen molar-refractivity contribution in [3.05, 3.63) is 43.8 Å². The summed E-state index contributed by atoms with van der Waals surface area (Å²) < 4.78 is 22.2. The number of hydrogen-bond donors (Lipinski definition) is 0. The van der Waals surface area contributed by atoms with E-state index in [1.54, 1.807) is 22.7 Å². The number of hydrogen-bond acceptors (Lipinski definition) is 10. The maximum atomic E-state index is 5.56. The molecule has 0 radical (unpaired) electrons. The van der Waals surface area contributed by atoms with Crippen molar-refractivity contribution in [1.29, 1.82) is 0 Å². The van der Waals surface area contributed by atoms with Gasteiger partial charge in [-0.25, -0.2) is 0 Å². The van der Waals surface area contributed by atoms with Crippen molar-refractivity contribution in [1.82, 2.24) is 0 Å². The molecule has 2 aromatic heterocycles. The summed E-state index contributed by atoms with van der Waals surface area (Å²) in [6.45, 7) is 7.03. The summed E-state index contributed by atoms with van der Waals surface area (Å²) in [4.78, 5) is 22.1. The van der Waals surface area contributed by atoms with Crippen molar-refractivity contribution in [2.75, 3.05) is 79.0 Å². The number of fused-ring (bicyclic) bond motifs is 4. The molecule has 10 heteroatoms. The molecule has 3 rings (SSSR count). The zero-order valence-corrected chi connectivity index (χ0v) is 21.0. The molecule has 184 valence electrons. The molecule has 1 aliphatic heterocycles. The van der Waals surface area contributed by atoms with E-state index in [0.29, 0.717) is 79.0 Å². The van der Waals surface area contributed by atoms with Crippen LogP contribution in [0.15, 0.2) is 44.2 Å². The summed E-state index contributed by atoms with van der Waals surface area (Å²) in [6, 6.07) is 8.18. The van der Waals surface area contributed by atoms with Gasteiger partial charge in [0, 0.05) is 44.4 Å². The molecule has 0 fully saturated rings. The van der Waals surface area contributed by atoms with Crippen molar-refractivity contribution < 1.29 is 18.9 Å². The Hall–Kier alpha value is -2.08. The van der Waals surface area contributed by atoms with Gasteiger partial charge in [0.15, 0.2) is 0 Å². The highest BCUT2D eigenvalue weighted by Crippen LogP contribution is 2.13. The molecule has 0 saturated heterocycles. The van der Waals surface area contributed by atoms with Crippen LogP contribution >= 0.6 is 22.7 Å². The fourth-order valence-electron chi connectivity index (χ4n) is 2.75. The Labute approximate surface area is 209 Å². The highest BCUT2D eigenvalue weighted by Gasteiger charge is 1.97. The Morgan fingerprint density at radius 3 is 0.941 bits per heavy atom. The second-order valence-corrected chi connectivity index (χ2v) is 9.36. The molecule has 0 aliphatic carbocycles. The van der Waals surface area contributed by atoms with Crippen LogP contribution in [0, 0.1) is 0 Å². The van der Waals surface area contributed by atoms with Gasteiger partial charge in [-0.3, -0.25) is 20.0 Å². The first-order valence-electron chi connectivity index (χ1n) is 11.4. The summed E-state index contributed by atoms with van der Waals surface area (Å²) >= 11 is 3.31. The molecular weight excluding hydrogens is 472 g/mol. The maximum absolute atomic E-state index is 5.56. The van der Waals surface area contributed by atoms with Crippen LogP contribution in [0.5, 0.6) is 0 Å². The van der Waals surface area contributed by atoms with Crippen molar-refractivity contribution >= 4 is 47.5 Å². The van der Waals surface area contributed by atoms with E-state index in [4.69, 9.17) is 18.9 Å². The molecule has 0 aromatic carbocycles. The van der Waals surface area contributed by atoms with Crippen LogP contribution in [0.3, 0.4) is 0 Å². The van der Waals surface area contributed by atoms with E-state index in [2.05, 4.69) is 20.0 Å². The fourth-order valence-corrected chi connectivity index (χ4v) is 4.34. The van der Waals surface area contributed by atoms with Gasteiger partial charge in [0.1, 0.15) is 0 Å². The Morgan fingerprint density at radius 2 is 0.676 bits per heavy atom. The molecule has 4 bridgehead atoms. The van der Waals surface area contributed by atoms with E-state index < -0.39 is 0 Å². The standard InChI is InChI=1S/C24H32N4O4S2/c1-2-22-18-26-6-10-30-15-16-32-12-8-28-20-24-4-3-23(34-24)19-27-7-11-31-14-13-29-9-5-25-17-21(1)33-22/h1-4,17-20H,5-16H2. The summed E-state index contributed by atoms with van der Waals surface area (Å²) in [5, 5.41) is 0. The first-order valence-corrected chi connectivity index (χ1v) is 13.0. The van der Waals surface area contributed by atoms with Gasteiger partial charge in [-0.05, 0) is 24.3 Å². The second kappa shape index (κ2) is 17.4. The lowest BCUT2D eigenvalue weighted by Gasteiger charge is -2.03. The van der Waals surface area contributed by atoms with Crippen LogP contribution < -0.4 is 0 Å². The fraction of sp³-hybridized carbons (Fsp3) is 0.500. The zero-order chi connectivity index (χ0) is 23.5. The van der Waals surface area contributed by atoms with Gasteiger partial charge in [0.05, 0.1) is 79.0 Å². The summed E-state index contributed by atoms with van der Waals surface area (Å²) in [5.74, 6) is 0. The lowest BCUT2D eigenvalue weighted by atomic mass is 10.4. The van der Waals surface area contributed by atoms with Crippen LogP contribution in [0.2, 0.25) is 0 Å². The van der Waals surface area contributed by atoms with Crippen LogP contribution in [0.25, 0.3) is 0 Å². The zero-order valence-electron chi connectivity index (χ0n) is 19.3. The van der Waals surface area contributed by atoms with Gasteiger partial charge < -0.3 is 18.9 Å². The lowest BCUT2D eigenvalue weighted by molar-refractivity contribution is 0.0541. The molecule has 1 aliphatic rings. The monoisotopic (exact) mass is 504 g/mol. The minimum Gasteiger partial charge on any atom is -0.377 e. The summed E-state index contributed by atoms with van der Waals surface area (Å²) in [6.07, 6.45) is 7.52. The Kier molecular flexibility index (Phi) is 13.5. The molecule has 0 amide bonds. The van der Waals surface area contributed by atoms with Gasteiger partial charge in [-0.15, -0.1) is 22.7 Å². The second-order valence-electron chi connectivity index (χ2n) is 7.07.